The molecule has 0 radical (unpaired) electrons. The van der Waals surface area contributed by atoms with Crippen molar-refractivity contribution in [1.82, 2.24) is 24.6 Å². The van der Waals surface area contributed by atoms with Gasteiger partial charge in [-0.25, -0.2) is 26.3 Å². The number of aryl methyl sites for hydroxylation is 1. The number of sulfonamides is 1. The van der Waals surface area contributed by atoms with Gasteiger partial charge in [-0.1, -0.05) is 23.7 Å². The van der Waals surface area contributed by atoms with Crippen LogP contribution >= 0.6 is 11.6 Å². The maximum Gasteiger partial charge on any atom is 0.534 e. The Morgan fingerprint density at radius 1 is 0.966 bits per heavy atom. The first-order chi connectivity index (χ1) is 26.8. The van der Waals surface area contributed by atoms with E-state index in [1.54, 1.807) is 24.3 Å². The maximum atomic E-state index is 14.4. The second-order valence-electron chi connectivity index (χ2n) is 13.6. The number of halogens is 6. The average Bonchev–Trinajstić information content (AvgIpc) is 3.42. The van der Waals surface area contributed by atoms with Crippen molar-refractivity contribution >= 4 is 54.6 Å². The summed E-state index contributed by atoms with van der Waals surface area (Å²) in [6.07, 6.45) is -0.916. The SMILES string of the molecule is COc1ccc(CN(c2nn(C)c3c(-n4c([C@H](Cc5cc(F)cc(F)c5)NC(=O)OC(C)(C)C)nc(OS(=O)(=O)C(F)(F)F)cc4=O)ccc(Cl)c23)S(C)(=O)=O)cc1. The fourth-order valence-corrected chi connectivity index (χ4v) is 7.18. The number of fused-ring (bicyclic) bond motifs is 1. The number of amides is 1. The zero-order valence-electron chi connectivity index (χ0n) is 31.3. The van der Waals surface area contributed by atoms with Crippen molar-refractivity contribution < 1.29 is 57.2 Å². The number of alkyl halides is 3. The van der Waals surface area contributed by atoms with Crippen LogP contribution in [0.25, 0.3) is 16.6 Å². The van der Waals surface area contributed by atoms with Crippen molar-refractivity contribution in [3.8, 4) is 17.3 Å². The van der Waals surface area contributed by atoms with Gasteiger partial charge >= 0.3 is 21.7 Å². The normalized spacial score (nSPS) is 13.0. The number of carbonyl (C=O) groups is 1. The first-order valence-electron chi connectivity index (χ1n) is 16.6. The smallest absolute Gasteiger partial charge is 0.497 e. The van der Waals surface area contributed by atoms with Gasteiger partial charge in [-0.2, -0.15) is 31.7 Å². The summed E-state index contributed by atoms with van der Waals surface area (Å²) in [5.74, 6) is -3.98. The van der Waals surface area contributed by atoms with Crippen LogP contribution in [0, 0.1) is 11.6 Å². The van der Waals surface area contributed by atoms with E-state index < -0.39 is 78.7 Å². The van der Waals surface area contributed by atoms with Gasteiger partial charge in [0.25, 0.3) is 5.56 Å². The van der Waals surface area contributed by atoms with Crippen LogP contribution in [0.2, 0.25) is 5.02 Å². The molecule has 1 amide bonds. The Morgan fingerprint density at radius 2 is 1.59 bits per heavy atom. The minimum absolute atomic E-state index is 0.0534. The Bertz CT molecular complexity index is 2650. The summed E-state index contributed by atoms with van der Waals surface area (Å²) in [5, 5.41) is 6.68. The van der Waals surface area contributed by atoms with Gasteiger partial charge < -0.3 is 19.0 Å². The number of carbonyl (C=O) groups excluding carboxylic acids is 1. The van der Waals surface area contributed by atoms with E-state index in [2.05, 4.69) is 19.6 Å². The van der Waals surface area contributed by atoms with Crippen LogP contribution in [0.4, 0.5) is 32.6 Å². The number of ether oxygens (including phenoxy) is 2. The van der Waals surface area contributed by atoms with Crippen molar-refractivity contribution in [1.29, 1.82) is 0 Å². The van der Waals surface area contributed by atoms with Gasteiger partial charge in [-0.3, -0.25) is 14.0 Å². The van der Waals surface area contributed by atoms with Gasteiger partial charge in [0.2, 0.25) is 15.9 Å². The zero-order valence-corrected chi connectivity index (χ0v) is 33.6. The second kappa shape index (κ2) is 16.0. The highest BCUT2D eigenvalue weighted by atomic mass is 35.5. The number of anilines is 1. The van der Waals surface area contributed by atoms with E-state index in [9.17, 15) is 48.4 Å². The standard InChI is InChI=1S/C35H34ClF5N6O9S2/c1-34(2,3)55-33(49)42-25(15-20-13-21(37)16-22(38)14-20)31-43-27(56-58(52,53)35(39,40)41)17-28(48)47(31)26-12-11-24(36)29-30(26)45(4)44-32(29)46(57(6,50)51)18-19-7-9-23(54-5)10-8-19/h7-14,16-17,25H,15,18H2,1-6H3,(H,42,49)/t25-/m0/s1. The molecule has 0 aliphatic carbocycles. The summed E-state index contributed by atoms with van der Waals surface area (Å²) in [7, 11) is -7.76. The predicted molar refractivity (Wildman–Crippen MR) is 201 cm³/mol. The molecule has 15 nitrogen and oxygen atoms in total. The number of alkyl carbamates (subject to hydrolysis) is 1. The third-order valence-electron chi connectivity index (χ3n) is 8.02. The van der Waals surface area contributed by atoms with Crippen LogP contribution in [-0.2, 0) is 44.9 Å². The van der Waals surface area contributed by atoms with Crippen LogP contribution in [-0.4, -0.2) is 66.7 Å². The molecule has 1 N–H and O–H groups in total. The van der Waals surface area contributed by atoms with Crippen LogP contribution in [0.1, 0.15) is 43.8 Å². The highest BCUT2D eigenvalue weighted by Gasteiger charge is 2.49. The van der Waals surface area contributed by atoms with E-state index in [1.165, 1.54) is 47.1 Å². The zero-order chi connectivity index (χ0) is 43.1. The van der Waals surface area contributed by atoms with Gasteiger partial charge in [0.05, 0.1) is 53.6 Å². The highest BCUT2D eigenvalue weighted by Crippen LogP contribution is 2.38. The minimum Gasteiger partial charge on any atom is -0.497 e. The van der Waals surface area contributed by atoms with Gasteiger partial charge in [-0.05, 0) is 68.3 Å². The number of nitrogens with zero attached hydrogens (tertiary/aromatic N) is 5. The van der Waals surface area contributed by atoms with Crippen LogP contribution < -0.4 is 24.1 Å². The molecule has 23 heteroatoms. The lowest BCUT2D eigenvalue weighted by molar-refractivity contribution is -0.0501. The van der Waals surface area contributed by atoms with E-state index in [0.717, 1.165) is 31.9 Å². The van der Waals surface area contributed by atoms with Crippen LogP contribution in [0.5, 0.6) is 11.6 Å². The lowest BCUT2D eigenvalue weighted by atomic mass is 10.0. The van der Waals surface area contributed by atoms with Crippen molar-refractivity contribution in [2.45, 2.75) is 50.9 Å². The number of aromatic nitrogens is 4. The predicted octanol–water partition coefficient (Wildman–Crippen LogP) is 6.06. The summed E-state index contributed by atoms with van der Waals surface area (Å²) in [6.45, 7) is 4.21. The largest absolute Gasteiger partial charge is 0.534 e. The Hall–Kier alpha value is -5.48. The first kappa shape index (κ1) is 43.6. The van der Waals surface area contributed by atoms with Crippen LogP contribution in [0.3, 0.4) is 0 Å². The first-order valence-corrected chi connectivity index (χ1v) is 20.3. The summed E-state index contributed by atoms with van der Waals surface area (Å²) in [6, 6.07) is 9.73. The Balaban J connectivity index is 1.82. The summed E-state index contributed by atoms with van der Waals surface area (Å²) in [4.78, 5) is 31.3. The monoisotopic (exact) mass is 876 g/mol. The van der Waals surface area contributed by atoms with Crippen molar-refractivity contribution in [3.63, 3.8) is 0 Å². The molecule has 312 valence electrons. The number of methoxy groups -OCH3 is 1. The molecule has 0 saturated heterocycles. The van der Waals surface area contributed by atoms with E-state index >= 15 is 0 Å². The second-order valence-corrected chi connectivity index (χ2v) is 17.5. The third-order valence-corrected chi connectivity index (χ3v) is 10.4. The number of hydrogen-bond donors (Lipinski definition) is 1. The Kier molecular flexibility index (Phi) is 12.1. The third kappa shape index (κ3) is 9.79. The van der Waals surface area contributed by atoms with E-state index in [-0.39, 0.29) is 39.5 Å². The van der Waals surface area contributed by atoms with Gasteiger partial charge in [-0.15, -0.1) is 0 Å². The molecule has 5 rings (SSSR count). The molecule has 2 heterocycles. The number of rotatable bonds is 12. The van der Waals surface area contributed by atoms with Crippen molar-refractivity contribution in [2.24, 2.45) is 7.05 Å². The van der Waals surface area contributed by atoms with E-state index in [1.807, 2.05) is 0 Å². The summed E-state index contributed by atoms with van der Waals surface area (Å²) in [5.41, 5.74) is -8.39. The molecule has 58 heavy (non-hydrogen) atoms. The Labute approximate surface area is 333 Å². The van der Waals surface area contributed by atoms with Crippen LogP contribution in [0.15, 0.2) is 65.5 Å². The molecular weight excluding hydrogens is 843 g/mol. The van der Waals surface area contributed by atoms with Gasteiger partial charge in [0.15, 0.2) is 5.82 Å². The molecule has 0 aliphatic heterocycles. The van der Waals surface area contributed by atoms with Gasteiger partial charge in [0, 0.05) is 19.5 Å². The molecule has 3 aromatic carbocycles. The number of nitrogens with one attached hydrogen (secondary N) is 1. The lowest BCUT2D eigenvalue weighted by Crippen LogP contribution is -2.39. The van der Waals surface area contributed by atoms with Gasteiger partial charge in [0.1, 0.15) is 28.8 Å². The highest BCUT2D eigenvalue weighted by molar-refractivity contribution is 7.92. The number of benzene rings is 3. The molecule has 0 saturated carbocycles. The molecular formula is C35H34ClF5N6O9S2. The van der Waals surface area contributed by atoms with Crippen molar-refractivity contribution in [2.75, 3.05) is 17.7 Å². The maximum absolute atomic E-state index is 14.4. The molecule has 0 unspecified atom stereocenters. The molecule has 0 bridgehead atoms. The summed E-state index contributed by atoms with van der Waals surface area (Å²) >= 11 is 6.69. The molecule has 2 aromatic heterocycles. The van der Waals surface area contributed by atoms with E-state index in [0.29, 0.717) is 23.4 Å². The quantitative estimate of drug-likeness (QED) is 0.0874. The lowest BCUT2D eigenvalue weighted by Gasteiger charge is -2.26. The molecule has 1 atom stereocenters. The summed E-state index contributed by atoms with van der Waals surface area (Å²) < 4.78 is 138. The number of hydrogen-bond acceptors (Lipinski definition) is 11. The molecule has 5 aromatic rings. The fourth-order valence-electron chi connectivity index (χ4n) is 5.72. The topological polar surface area (TPSA) is 181 Å². The fraction of sp³-hybridized carbons (Fsp3) is 0.314. The molecule has 0 aliphatic rings. The van der Waals surface area contributed by atoms with Crippen molar-refractivity contribution in [3.05, 3.63) is 105 Å². The average molecular weight is 877 g/mol. The Morgan fingerprint density at radius 3 is 2.14 bits per heavy atom. The molecule has 0 spiro atoms. The molecule has 0 fully saturated rings. The minimum atomic E-state index is -6.42. The van der Waals surface area contributed by atoms with E-state index in [4.69, 9.17) is 21.1 Å².